The summed E-state index contributed by atoms with van der Waals surface area (Å²) >= 11 is 1.53. The summed E-state index contributed by atoms with van der Waals surface area (Å²) in [6.07, 6.45) is 3.81. The standard InChI is InChI=1S/C20H21N3O2S/c1-3-25-18-8-6-15(7-9-18)13-23(2)19(24)11-17-14-26-20(22-17)16-5-4-10-21-12-16/h4-10,12,14H,3,11,13H2,1-2H3. The lowest BCUT2D eigenvalue weighted by molar-refractivity contribution is -0.129. The van der Waals surface area contributed by atoms with Gasteiger partial charge in [-0.3, -0.25) is 9.78 Å². The van der Waals surface area contributed by atoms with E-state index in [1.54, 1.807) is 17.3 Å². The van der Waals surface area contributed by atoms with E-state index in [1.807, 2.05) is 55.7 Å². The number of hydrogen-bond donors (Lipinski definition) is 0. The maximum Gasteiger partial charge on any atom is 0.228 e. The zero-order chi connectivity index (χ0) is 18.4. The molecular weight excluding hydrogens is 346 g/mol. The van der Waals surface area contributed by atoms with Gasteiger partial charge in [-0.1, -0.05) is 12.1 Å². The normalized spacial score (nSPS) is 10.5. The first-order valence-corrected chi connectivity index (χ1v) is 9.34. The van der Waals surface area contributed by atoms with Crippen molar-refractivity contribution in [1.82, 2.24) is 14.9 Å². The maximum absolute atomic E-state index is 12.5. The molecule has 0 aliphatic carbocycles. The van der Waals surface area contributed by atoms with Gasteiger partial charge in [-0.2, -0.15) is 0 Å². The van der Waals surface area contributed by atoms with Gasteiger partial charge in [0.25, 0.3) is 0 Å². The van der Waals surface area contributed by atoms with Crippen LogP contribution >= 0.6 is 11.3 Å². The van der Waals surface area contributed by atoms with Gasteiger partial charge in [0, 0.05) is 36.9 Å². The number of carbonyl (C=O) groups is 1. The van der Waals surface area contributed by atoms with E-state index < -0.39 is 0 Å². The topological polar surface area (TPSA) is 55.3 Å². The average Bonchev–Trinajstić information content (AvgIpc) is 3.13. The Morgan fingerprint density at radius 3 is 2.73 bits per heavy atom. The SMILES string of the molecule is CCOc1ccc(CN(C)C(=O)Cc2csc(-c3cccnc3)n2)cc1. The Balaban J connectivity index is 1.58. The number of benzene rings is 1. The lowest BCUT2D eigenvalue weighted by Crippen LogP contribution is -2.27. The van der Waals surface area contributed by atoms with Crippen LogP contribution in [0.2, 0.25) is 0 Å². The Morgan fingerprint density at radius 2 is 2.04 bits per heavy atom. The number of hydrogen-bond acceptors (Lipinski definition) is 5. The molecule has 3 rings (SSSR count). The zero-order valence-corrected chi connectivity index (χ0v) is 15.7. The van der Waals surface area contributed by atoms with Gasteiger partial charge in [0.2, 0.25) is 5.91 Å². The summed E-state index contributed by atoms with van der Waals surface area (Å²) in [4.78, 5) is 22.9. The molecule has 0 aliphatic heterocycles. The number of carbonyl (C=O) groups excluding carboxylic acids is 1. The molecule has 2 aromatic heterocycles. The fourth-order valence-electron chi connectivity index (χ4n) is 2.52. The molecule has 0 spiro atoms. The molecule has 0 atom stereocenters. The van der Waals surface area contributed by atoms with E-state index >= 15 is 0 Å². The highest BCUT2D eigenvalue weighted by Gasteiger charge is 2.13. The molecule has 3 aromatic rings. The summed E-state index contributed by atoms with van der Waals surface area (Å²) in [6, 6.07) is 11.7. The van der Waals surface area contributed by atoms with E-state index in [0.29, 0.717) is 19.6 Å². The van der Waals surface area contributed by atoms with Crippen molar-refractivity contribution >= 4 is 17.2 Å². The van der Waals surface area contributed by atoms with Crippen LogP contribution in [0.4, 0.5) is 0 Å². The fraction of sp³-hybridized carbons (Fsp3) is 0.250. The van der Waals surface area contributed by atoms with Crippen LogP contribution in [-0.4, -0.2) is 34.4 Å². The summed E-state index contributed by atoms with van der Waals surface area (Å²) in [7, 11) is 1.81. The number of amides is 1. The summed E-state index contributed by atoms with van der Waals surface area (Å²) in [5, 5.41) is 2.82. The van der Waals surface area contributed by atoms with Crippen molar-refractivity contribution in [1.29, 1.82) is 0 Å². The van der Waals surface area contributed by atoms with Crippen molar-refractivity contribution in [2.75, 3.05) is 13.7 Å². The fourth-order valence-corrected chi connectivity index (χ4v) is 3.33. The number of ether oxygens (including phenoxy) is 1. The highest BCUT2D eigenvalue weighted by Crippen LogP contribution is 2.23. The molecular formula is C20H21N3O2S. The largest absolute Gasteiger partial charge is 0.494 e. The maximum atomic E-state index is 12.5. The third kappa shape index (κ3) is 4.67. The smallest absolute Gasteiger partial charge is 0.228 e. The van der Waals surface area contributed by atoms with Crippen LogP contribution in [0.15, 0.2) is 54.2 Å². The van der Waals surface area contributed by atoms with Crippen molar-refractivity contribution in [3.63, 3.8) is 0 Å². The predicted octanol–water partition coefficient (Wildman–Crippen LogP) is 3.80. The quantitative estimate of drug-likeness (QED) is 0.637. The summed E-state index contributed by atoms with van der Waals surface area (Å²) in [5.74, 6) is 0.887. The summed E-state index contributed by atoms with van der Waals surface area (Å²) in [5.41, 5.74) is 2.83. The zero-order valence-electron chi connectivity index (χ0n) is 14.9. The van der Waals surface area contributed by atoms with Gasteiger partial charge in [0.15, 0.2) is 0 Å². The number of pyridine rings is 1. The monoisotopic (exact) mass is 367 g/mol. The molecule has 5 nitrogen and oxygen atoms in total. The molecule has 0 fully saturated rings. The number of nitrogens with zero attached hydrogens (tertiary/aromatic N) is 3. The van der Waals surface area contributed by atoms with Crippen molar-refractivity contribution in [3.8, 4) is 16.3 Å². The van der Waals surface area contributed by atoms with Crippen LogP contribution < -0.4 is 4.74 Å². The third-order valence-corrected chi connectivity index (χ3v) is 4.81. The van der Waals surface area contributed by atoms with Gasteiger partial charge in [-0.25, -0.2) is 4.98 Å². The van der Waals surface area contributed by atoms with Crippen LogP contribution in [0.5, 0.6) is 5.75 Å². The average molecular weight is 367 g/mol. The van der Waals surface area contributed by atoms with Gasteiger partial charge >= 0.3 is 0 Å². The predicted molar refractivity (Wildman–Crippen MR) is 103 cm³/mol. The number of aromatic nitrogens is 2. The van der Waals surface area contributed by atoms with Crippen molar-refractivity contribution in [3.05, 3.63) is 65.4 Å². The Labute approximate surface area is 157 Å². The molecule has 1 amide bonds. The Morgan fingerprint density at radius 1 is 1.23 bits per heavy atom. The van der Waals surface area contributed by atoms with Crippen molar-refractivity contribution in [2.45, 2.75) is 19.9 Å². The van der Waals surface area contributed by atoms with E-state index in [0.717, 1.165) is 27.6 Å². The van der Waals surface area contributed by atoms with Crippen LogP contribution in [0.25, 0.3) is 10.6 Å². The minimum Gasteiger partial charge on any atom is -0.494 e. The second-order valence-electron chi connectivity index (χ2n) is 5.89. The van der Waals surface area contributed by atoms with Crippen molar-refractivity contribution in [2.24, 2.45) is 0 Å². The second kappa shape index (κ2) is 8.58. The van der Waals surface area contributed by atoms with Gasteiger partial charge in [-0.05, 0) is 36.8 Å². The first kappa shape index (κ1) is 18.1. The van der Waals surface area contributed by atoms with E-state index in [4.69, 9.17) is 4.74 Å². The summed E-state index contributed by atoms with van der Waals surface area (Å²) in [6.45, 7) is 3.16. The first-order valence-electron chi connectivity index (χ1n) is 8.46. The number of thiazole rings is 1. The molecule has 6 heteroatoms. The van der Waals surface area contributed by atoms with E-state index in [2.05, 4.69) is 9.97 Å². The van der Waals surface area contributed by atoms with Gasteiger partial charge in [0.05, 0.1) is 18.7 Å². The molecule has 0 saturated heterocycles. The van der Waals surface area contributed by atoms with E-state index in [9.17, 15) is 4.79 Å². The molecule has 26 heavy (non-hydrogen) atoms. The van der Waals surface area contributed by atoms with Crippen LogP contribution in [0.1, 0.15) is 18.2 Å². The second-order valence-corrected chi connectivity index (χ2v) is 6.75. The minimum absolute atomic E-state index is 0.0434. The highest BCUT2D eigenvalue weighted by atomic mass is 32.1. The molecule has 0 radical (unpaired) electrons. The highest BCUT2D eigenvalue weighted by molar-refractivity contribution is 7.13. The third-order valence-electron chi connectivity index (χ3n) is 3.87. The van der Waals surface area contributed by atoms with Gasteiger partial charge < -0.3 is 9.64 Å². The number of rotatable bonds is 7. The molecule has 0 N–H and O–H groups in total. The summed E-state index contributed by atoms with van der Waals surface area (Å²) < 4.78 is 5.44. The Hall–Kier alpha value is -2.73. The molecule has 134 valence electrons. The Kier molecular flexibility index (Phi) is 5.96. The van der Waals surface area contributed by atoms with Gasteiger partial charge in [-0.15, -0.1) is 11.3 Å². The van der Waals surface area contributed by atoms with Crippen molar-refractivity contribution < 1.29 is 9.53 Å². The lowest BCUT2D eigenvalue weighted by atomic mass is 10.2. The van der Waals surface area contributed by atoms with Gasteiger partial charge in [0.1, 0.15) is 10.8 Å². The first-order chi connectivity index (χ1) is 12.7. The molecule has 0 aliphatic rings. The molecule has 2 heterocycles. The molecule has 0 unspecified atom stereocenters. The van der Waals surface area contributed by atoms with E-state index in [-0.39, 0.29) is 5.91 Å². The molecule has 1 aromatic carbocycles. The number of likely N-dealkylation sites (N-methyl/N-ethyl adjacent to an activating group) is 1. The van der Waals surface area contributed by atoms with Crippen LogP contribution in [0, 0.1) is 0 Å². The van der Waals surface area contributed by atoms with Crippen LogP contribution in [-0.2, 0) is 17.8 Å². The van der Waals surface area contributed by atoms with Crippen LogP contribution in [0.3, 0.4) is 0 Å². The lowest BCUT2D eigenvalue weighted by Gasteiger charge is -2.17. The minimum atomic E-state index is 0.0434. The molecule has 0 bridgehead atoms. The molecule has 0 saturated carbocycles. The van der Waals surface area contributed by atoms with E-state index in [1.165, 1.54) is 11.3 Å². The Bertz CT molecular complexity index is 847.